The molecule has 0 radical (unpaired) electrons. The van der Waals surface area contributed by atoms with Crippen molar-refractivity contribution < 1.29 is 4.74 Å². The molecule has 0 heterocycles. The predicted molar refractivity (Wildman–Crippen MR) is 73.5 cm³/mol. The van der Waals surface area contributed by atoms with Crippen molar-refractivity contribution in [1.29, 1.82) is 0 Å². The number of halogens is 1. The molecule has 2 atom stereocenters. The highest BCUT2D eigenvalue weighted by molar-refractivity contribution is 9.09. The van der Waals surface area contributed by atoms with E-state index in [1.54, 1.807) is 7.11 Å². The van der Waals surface area contributed by atoms with Gasteiger partial charge in [0, 0.05) is 4.83 Å². The van der Waals surface area contributed by atoms with E-state index in [4.69, 9.17) is 4.74 Å². The standard InChI is InChI=1S/C14H21BrO/c1-4-5-11(2)14(15)10-12-6-8-13(16-3)9-7-12/h6-9,11,14H,4-5,10H2,1-3H3. The molecule has 0 aliphatic heterocycles. The lowest BCUT2D eigenvalue weighted by atomic mass is 9.97. The predicted octanol–water partition coefficient (Wildman–Crippen LogP) is 4.44. The Hall–Kier alpha value is -0.500. The van der Waals surface area contributed by atoms with Gasteiger partial charge in [-0.25, -0.2) is 0 Å². The monoisotopic (exact) mass is 284 g/mol. The second-order valence-electron chi connectivity index (χ2n) is 4.33. The fourth-order valence-electron chi connectivity index (χ4n) is 1.82. The minimum atomic E-state index is 0.570. The van der Waals surface area contributed by atoms with Crippen LogP contribution in [0.15, 0.2) is 24.3 Å². The third-order valence-electron chi connectivity index (χ3n) is 2.95. The van der Waals surface area contributed by atoms with Crippen LogP contribution in [-0.2, 0) is 6.42 Å². The van der Waals surface area contributed by atoms with Gasteiger partial charge in [-0.15, -0.1) is 0 Å². The Morgan fingerprint density at radius 1 is 1.25 bits per heavy atom. The Balaban J connectivity index is 2.52. The molecule has 16 heavy (non-hydrogen) atoms. The van der Waals surface area contributed by atoms with Gasteiger partial charge < -0.3 is 4.74 Å². The molecule has 1 aromatic rings. The van der Waals surface area contributed by atoms with E-state index in [1.807, 2.05) is 12.1 Å². The molecule has 0 amide bonds. The maximum Gasteiger partial charge on any atom is 0.118 e. The Morgan fingerprint density at radius 3 is 2.38 bits per heavy atom. The van der Waals surface area contributed by atoms with Crippen LogP contribution in [0.25, 0.3) is 0 Å². The van der Waals surface area contributed by atoms with Crippen LogP contribution in [-0.4, -0.2) is 11.9 Å². The maximum atomic E-state index is 5.15. The summed E-state index contributed by atoms with van der Waals surface area (Å²) in [7, 11) is 1.70. The van der Waals surface area contributed by atoms with Gasteiger partial charge in [-0.2, -0.15) is 0 Å². The van der Waals surface area contributed by atoms with Crippen LogP contribution >= 0.6 is 15.9 Å². The lowest BCUT2D eigenvalue weighted by Gasteiger charge is -2.17. The smallest absolute Gasteiger partial charge is 0.118 e. The van der Waals surface area contributed by atoms with Gasteiger partial charge in [0.2, 0.25) is 0 Å². The van der Waals surface area contributed by atoms with Gasteiger partial charge >= 0.3 is 0 Å². The average molecular weight is 285 g/mol. The summed E-state index contributed by atoms with van der Waals surface area (Å²) in [5.41, 5.74) is 1.37. The summed E-state index contributed by atoms with van der Waals surface area (Å²) < 4.78 is 5.15. The summed E-state index contributed by atoms with van der Waals surface area (Å²) in [5.74, 6) is 1.66. The first-order valence-corrected chi connectivity index (χ1v) is 6.86. The molecule has 0 fully saturated rings. The molecule has 0 aromatic heterocycles. The molecule has 1 rings (SSSR count). The van der Waals surface area contributed by atoms with Crippen LogP contribution < -0.4 is 4.74 Å². The molecule has 0 saturated heterocycles. The number of methoxy groups -OCH3 is 1. The number of hydrogen-bond donors (Lipinski definition) is 0. The molecule has 0 aliphatic rings. The van der Waals surface area contributed by atoms with Crippen LogP contribution in [0, 0.1) is 5.92 Å². The van der Waals surface area contributed by atoms with Gasteiger partial charge in [0.05, 0.1) is 7.11 Å². The van der Waals surface area contributed by atoms with E-state index < -0.39 is 0 Å². The summed E-state index contributed by atoms with van der Waals surface area (Å²) >= 11 is 3.79. The van der Waals surface area contributed by atoms with Crippen LogP contribution in [0.3, 0.4) is 0 Å². The van der Waals surface area contributed by atoms with Crippen LogP contribution in [0.1, 0.15) is 32.3 Å². The molecule has 0 spiro atoms. The Labute approximate surface area is 107 Å². The Bertz CT molecular complexity index is 294. The lowest BCUT2D eigenvalue weighted by Crippen LogP contribution is -2.13. The van der Waals surface area contributed by atoms with Crippen molar-refractivity contribution in [1.82, 2.24) is 0 Å². The summed E-state index contributed by atoms with van der Waals surface area (Å²) in [4.78, 5) is 0.570. The Morgan fingerprint density at radius 2 is 1.88 bits per heavy atom. The molecule has 0 saturated carbocycles. The molecule has 0 aliphatic carbocycles. The third-order valence-corrected chi connectivity index (χ3v) is 4.18. The molecule has 0 N–H and O–H groups in total. The molecular weight excluding hydrogens is 264 g/mol. The SMILES string of the molecule is CCCC(C)C(Br)Cc1ccc(OC)cc1. The van der Waals surface area contributed by atoms with Crippen molar-refractivity contribution >= 4 is 15.9 Å². The van der Waals surface area contributed by atoms with Crippen molar-refractivity contribution in [2.75, 3.05) is 7.11 Å². The second-order valence-corrected chi connectivity index (χ2v) is 5.51. The molecular formula is C14H21BrO. The van der Waals surface area contributed by atoms with Crippen LogP contribution in [0.4, 0.5) is 0 Å². The zero-order valence-corrected chi connectivity index (χ0v) is 12.0. The van der Waals surface area contributed by atoms with Crippen LogP contribution in [0.5, 0.6) is 5.75 Å². The topological polar surface area (TPSA) is 9.23 Å². The number of ether oxygens (including phenoxy) is 1. The van der Waals surface area contributed by atoms with Crippen molar-refractivity contribution in [2.45, 2.75) is 37.9 Å². The first-order valence-electron chi connectivity index (χ1n) is 5.94. The normalized spacial score (nSPS) is 14.5. The highest BCUT2D eigenvalue weighted by atomic mass is 79.9. The van der Waals surface area contributed by atoms with Gasteiger partial charge in [-0.1, -0.05) is 48.3 Å². The molecule has 2 unspecified atom stereocenters. The number of benzene rings is 1. The van der Waals surface area contributed by atoms with E-state index in [2.05, 4.69) is 41.9 Å². The van der Waals surface area contributed by atoms with Crippen LogP contribution in [0.2, 0.25) is 0 Å². The van der Waals surface area contributed by atoms with Crippen molar-refractivity contribution in [3.8, 4) is 5.75 Å². The van der Waals surface area contributed by atoms with Crippen molar-refractivity contribution in [3.63, 3.8) is 0 Å². The summed E-state index contributed by atoms with van der Waals surface area (Å²) in [5, 5.41) is 0. The van der Waals surface area contributed by atoms with Gasteiger partial charge in [-0.05, 0) is 36.5 Å². The Kier molecular flexibility index (Phi) is 5.89. The van der Waals surface area contributed by atoms with Gasteiger partial charge in [0.25, 0.3) is 0 Å². The molecule has 90 valence electrons. The van der Waals surface area contributed by atoms with E-state index in [0.717, 1.165) is 18.1 Å². The quantitative estimate of drug-likeness (QED) is 0.702. The summed E-state index contributed by atoms with van der Waals surface area (Å²) in [6.07, 6.45) is 3.63. The molecule has 2 heteroatoms. The number of alkyl halides is 1. The van der Waals surface area contributed by atoms with E-state index in [9.17, 15) is 0 Å². The highest BCUT2D eigenvalue weighted by Crippen LogP contribution is 2.23. The van der Waals surface area contributed by atoms with E-state index in [-0.39, 0.29) is 0 Å². The van der Waals surface area contributed by atoms with Gasteiger partial charge in [0.15, 0.2) is 0 Å². The minimum absolute atomic E-state index is 0.570. The number of rotatable bonds is 6. The molecule has 1 aromatic carbocycles. The van der Waals surface area contributed by atoms with E-state index >= 15 is 0 Å². The summed E-state index contributed by atoms with van der Waals surface area (Å²) in [6.45, 7) is 4.55. The fourth-order valence-corrected chi connectivity index (χ4v) is 2.46. The zero-order chi connectivity index (χ0) is 12.0. The first kappa shape index (κ1) is 13.6. The lowest BCUT2D eigenvalue weighted by molar-refractivity contribution is 0.414. The largest absolute Gasteiger partial charge is 0.497 e. The maximum absolute atomic E-state index is 5.15. The average Bonchev–Trinajstić information content (AvgIpc) is 2.30. The highest BCUT2D eigenvalue weighted by Gasteiger charge is 2.13. The fraction of sp³-hybridized carbons (Fsp3) is 0.571. The third kappa shape index (κ3) is 4.17. The van der Waals surface area contributed by atoms with Crippen molar-refractivity contribution in [2.24, 2.45) is 5.92 Å². The van der Waals surface area contributed by atoms with E-state index in [0.29, 0.717) is 4.83 Å². The van der Waals surface area contributed by atoms with Gasteiger partial charge in [-0.3, -0.25) is 0 Å². The van der Waals surface area contributed by atoms with Gasteiger partial charge in [0.1, 0.15) is 5.75 Å². The second kappa shape index (κ2) is 6.95. The first-order chi connectivity index (χ1) is 7.67. The number of hydrogen-bond acceptors (Lipinski definition) is 1. The van der Waals surface area contributed by atoms with E-state index in [1.165, 1.54) is 18.4 Å². The molecule has 1 nitrogen and oxygen atoms in total. The minimum Gasteiger partial charge on any atom is -0.497 e. The zero-order valence-electron chi connectivity index (χ0n) is 10.4. The molecule has 0 bridgehead atoms. The summed E-state index contributed by atoms with van der Waals surface area (Å²) in [6, 6.07) is 8.34. The van der Waals surface area contributed by atoms with Crippen molar-refractivity contribution in [3.05, 3.63) is 29.8 Å².